The van der Waals surface area contributed by atoms with Crippen LogP contribution in [0.1, 0.15) is 32.0 Å². The molecule has 0 spiro atoms. The van der Waals surface area contributed by atoms with Crippen molar-refractivity contribution in [2.45, 2.75) is 26.3 Å². The van der Waals surface area contributed by atoms with Crippen LogP contribution >= 0.6 is 0 Å². The van der Waals surface area contributed by atoms with Gasteiger partial charge in [-0.15, -0.1) is 0 Å². The Morgan fingerprint density at radius 3 is 2.47 bits per heavy atom. The van der Waals surface area contributed by atoms with E-state index in [1.165, 1.54) is 12.1 Å². The van der Waals surface area contributed by atoms with Gasteiger partial charge in [-0.2, -0.15) is 0 Å². The molecule has 1 unspecified atom stereocenters. The van der Waals surface area contributed by atoms with E-state index in [9.17, 15) is 0 Å². The molecule has 1 rings (SSSR count). The molecule has 4 nitrogen and oxygen atoms in total. The summed E-state index contributed by atoms with van der Waals surface area (Å²) < 4.78 is 0. The first-order valence-corrected chi connectivity index (χ1v) is 7.09. The second-order valence-electron chi connectivity index (χ2n) is 5.30. The molecular weight excluding hydrogens is 236 g/mol. The Morgan fingerprint density at radius 2 is 1.95 bits per heavy atom. The Morgan fingerprint density at radius 1 is 1.21 bits per heavy atom. The summed E-state index contributed by atoms with van der Waals surface area (Å²) in [5.74, 6) is 0. The first-order valence-electron chi connectivity index (χ1n) is 7.09. The Hall–Kier alpha value is -1.13. The molecule has 0 aliphatic heterocycles. The molecule has 0 saturated heterocycles. The van der Waals surface area contributed by atoms with Crippen molar-refractivity contribution in [3.8, 4) is 0 Å². The van der Waals surface area contributed by atoms with Crippen molar-refractivity contribution >= 4 is 5.69 Å². The van der Waals surface area contributed by atoms with Gasteiger partial charge in [-0.05, 0) is 52.7 Å². The van der Waals surface area contributed by atoms with Gasteiger partial charge < -0.3 is 15.1 Å². The number of nitrogens with one attached hydrogen (secondary N) is 1. The normalized spacial score (nSPS) is 12.7. The minimum Gasteiger partial charge on any atom is -0.373 e. The van der Waals surface area contributed by atoms with Crippen molar-refractivity contribution in [3.05, 3.63) is 24.0 Å². The Kier molecular flexibility index (Phi) is 6.81. The molecule has 0 amide bonds. The average Bonchev–Trinajstić information content (AvgIpc) is 2.38. The zero-order chi connectivity index (χ0) is 14.3. The Bertz CT molecular complexity index is 348. The van der Waals surface area contributed by atoms with Gasteiger partial charge in [-0.1, -0.05) is 6.92 Å². The maximum atomic E-state index is 4.55. The van der Waals surface area contributed by atoms with Gasteiger partial charge in [0.25, 0.3) is 0 Å². The average molecular weight is 264 g/mol. The van der Waals surface area contributed by atoms with Gasteiger partial charge in [0, 0.05) is 19.6 Å². The fraction of sp³-hybridized carbons (Fsp3) is 0.667. The quantitative estimate of drug-likeness (QED) is 0.779. The second-order valence-corrected chi connectivity index (χ2v) is 5.30. The van der Waals surface area contributed by atoms with E-state index in [1.54, 1.807) is 0 Å². The van der Waals surface area contributed by atoms with Gasteiger partial charge in [-0.3, -0.25) is 4.98 Å². The summed E-state index contributed by atoms with van der Waals surface area (Å²) in [6.45, 7) is 7.40. The smallest absolute Gasteiger partial charge is 0.0572 e. The highest BCUT2D eigenvalue weighted by molar-refractivity contribution is 5.43. The van der Waals surface area contributed by atoms with Crippen LogP contribution in [0.2, 0.25) is 0 Å². The molecular formula is C15H28N4. The third-order valence-corrected chi connectivity index (χ3v) is 3.26. The van der Waals surface area contributed by atoms with E-state index in [1.807, 2.05) is 6.20 Å². The van der Waals surface area contributed by atoms with Crippen molar-refractivity contribution in [2.75, 3.05) is 45.7 Å². The van der Waals surface area contributed by atoms with E-state index in [4.69, 9.17) is 0 Å². The number of aromatic nitrogens is 1. The van der Waals surface area contributed by atoms with Gasteiger partial charge in [-0.25, -0.2) is 0 Å². The maximum absolute atomic E-state index is 4.55. The molecule has 4 heteroatoms. The van der Waals surface area contributed by atoms with Crippen LogP contribution in [0.3, 0.4) is 0 Å². The standard InChI is InChI=1S/C15H28N4/c1-6-16-13(2)15-9-8-14(12-17-15)19(5)11-7-10-18(3)4/h8-9,12-13,16H,6-7,10-11H2,1-5H3. The molecule has 1 atom stereocenters. The predicted molar refractivity (Wildman–Crippen MR) is 82.8 cm³/mol. The lowest BCUT2D eigenvalue weighted by molar-refractivity contribution is 0.401. The van der Waals surface area contributed by atoms with Crippen LogP contribution in [-0.2, 0) is 0 Å². The van der Waals surface area contributed by atoms with Gasteiger partial charge in [0.15, 0.2) is 0 Å². The van der Waals surface area contributed by atoms with E-state index in [0.717, 1.165) is 25.3 Å². The molecule has 0 aliphatic rings. The van der Waals surface area contributed by atoms with Gasteiger partial charge in [0.2, 0.25) is 0 Å². The number of nitrogens with zero attached hydrogens (tertiary/aromatic N) is 3. The van der Waals surface area contributed by atoms with Gasteiger partial charge in [0.05, 0.1) is 17.6 Å². The highest BCUT2D eigenvalue weighted by Gasteiger charge is 2.06. The third-order valence-electron chi connectivity index (χ3n) is 3.26. The lowest BCUT2D eigenvalue weighted by Gasteiger charge is -2.21. The summed E-state index contributed by atoms with van der Waals surface area (Å²) in [5.41, 5.74) is 2.29. The molecule has 1 aromatic rings. The van der Waals surface area contributed by atoms with Crippen LogP contribution in [-0.4, -0.2) is 50.7 Å². The summed E-state index contributed by atoms with van der Waals surface area (Å²) in [6, 6.07) is 4.59. The van der Waals surface area contributed by atoms with E-state index in [-0.39, 0.29) is 0 Å². The summed E-state index contributed by atoms with van der Waals surface area (Å²) in [5, 5.41) is 3.38. The lowest BCUT2D eigenvalue weighted by Crippen LogP contribution is -2.23. The zero-order valence-electron chi connectivity index (χ0n) is 13.0. The number of pyridine rings is 1. The minimum absolute atomic E-state index is 0.318. The van der Waals surface area contributed by atoms with Crippen molar-refractivity contribution < 1.29 is 0 Å². The molecule has 0 bridgehead atoms. The molecule has 1 heterocycles. The third kappa shape index (κ3) is 5.57. The van der Waals surface area contributed by atoms with Gasteiger partial charge in [0.1, 0.15) is 0 Å². The molecule has 0 saturated carbocycles. The Balaban J connectivity index is 2.50. The van der Waals surface area contributed by atoms with E-state index < -0.39 is 0 Å². The molecule has 0 fully saturated rings. The zero-order valence-corrected chi connectivity index (χ0v) is 13.0. The summed E-state index contributed by atoms with van der Waals surface area (Å²) in [6.07, 6.45) is 3.14. The van der Waals surface area contributed by atoms with Gasteiger partial charge >= 0.3 is 0 Å². The topological polar surface area (TPSA) is 31.4 Å². The summed E-state index contributed by atoms with van der Waals surface area (Å²) >= 11 is 0. The van der Waals surface area contributed by atoms with Crippen LogP contribution in [0.25, 0.3) is 0 Å². The number of hydrogen-bond donors (Lipinski definition) is 1. The van der Waals surface area contributed by atoms with Crippen LogP contribution in [0.5, 0.6) is 0 Å². The van der Waals surface area contributed by atoms with E-state index in [0.29, 0.717) is 6.04 Å². The van der Waals surface area contributed by atoms with Crippen LogP contribution < -0.4 is 10.2 Å². The van der Waals surface area contributed by atoms with E-state index in [2.05, 4.69) is 67.2 Å². The summed E-state index contributed by atoms with van der Waals surface area (Å²) in [4.78, 5) is 9.02. The van der Waals surface area contributed by atoms with Crippen molar-refractivity contribution in [3.63, 3.8) is 0 Å². The number of hydrogen-bond acceptors (Lipinski definition) is 4. The maximum Gasteiger partial charge on any atom is 0.0572 e. The lowest BCUT2D eigenvalue weighted by atomic mass is 10.2. The fourth-order valence-electron chi connectivity index (χ4n) is 2.04. The second kappa shape index (κ2) is 8.12. The van der Waals surface area contributed by atoms with Crippen molar-refractivity contribution in [1.82, 2.24) is 15.2 Å². The highest BCUT2D eigenvalue weighted by atomic mass is 15.1. The summed E-state index contributed by atoms with van der Waals surface area (Å²) in [7, 11) is 6.34. The largest absolute Gasteiger partial charge is 0.373 e. The first-order chi connectivity index (χ1) is 9.04. The molecule has 19 heavy (non-hydrogen) atoms. The Labute approximate surface area is 117 Å². The minimum atomic E-state index is 0.318. The predicted octanol–water partition coefficient (Wildman–Crippen LogP) is 2.14. The number of anilines is 1. The highest BCUT2D eigenvalue weighted by Crippen LogP contribution is 2.15. The van der Waals surface area contributed by atoms with Crippen molar-refractivity contribution in [1.29, 1.82) is 0 Å². The molecule has 0 radical (unpaired) electrons. The van der Waals surface area contributed by atoms with Crippen molar-refractivity contribution in [2.24, 2.45) is 0 Å². The van der Waals surface area contributed by atoms with Crippen LogP contribution in [0.15, 0.2) is 18.3 Å². The van der Waals surface area contributed by atoms with Crippen LogP contribution in [0.4, 0.5) is 5.69 Å². The molecule has 0 aliphatic carbocycles. The van der Waals surface area contributed by atoms with Crippen LogP contribution in [0, 0.1) is 0 Å². The molecule has 1 aromatic heterocycles. The monoisotopic (exact) mass is 264 g/mol. The molecule has 108 valence electrons. The first kappa shape index (κ1) is 15.9. The molecule has 1 N–H and O–H groups in total. The SMILES string of the molecule is CCNC(C)c1ccc(N(C)CCCN(C)C)cn1. The number of rotatable bonds is 8. The molecule has 0 aromatic carbocycles. The fourth-order valence-corrected chi connectivity index (χ4v) is 2.04. The van der Waals surface area contributed by atoms with E-state index >= 15 is 0 Å².